The Bertz CT molecular complexity index is 522. The van der Waals surface area contributed by atoms with Gasteiger partial charge in [0.2, 0.25) is 5.91 Å². The van der Waals surface area contributed by atoms with Crippen molar-refractivity contribution in [3.8, 4) is 5.75 Å². The van der Waals surface area contributed by atoms with Crippen LogP contribution in [0.2, 0.25) is 0 Å². The Kier molecular flexibility index (Phi) is 3.50. The zero-order chi connectivity index (χ0) is 14.0. The van der Waals surface area contributed by atoms with E-state index >= 15 is 0 Å². The first-order valence-electron chi connectivity index (χ1n) is 5.79. The fourth-order valence-electron chi connectivity index (χ4n) is 2.07. The largest absolute Gasteiger partial charge is 0.508 e. The first-order chi connectivity index (χ1) is 8.97. The fourth-order valence-corrected chi connectivity index (χ4v) is 2.07. The predicted molar refractivity (Wildman–Crippen MR) is 64.6 cm³/mol. The zero-order valence-electron chi connectivity index (χ0n) is 10.1. The van der Waals surface area contributed by atoms with E-state index < -0.39 is 17.9 Å². The van der Waals surface area contributed by atoms with Crippen LogP contribution < -0.4 is 0 Å². The van der Waals surface area contributed by atoms with Gasteiger partial charge >= 0.3 is 5.97 Å². The van der Waals surface area contributed by atoms with Gasteiger partial charge in [0.15, 0.2) is 5.78 Å². The summed E-state index contributed by atoms with van der Waals surface area (Å²) in [5.41, 5.74) is 0.678. The van der Waals surface area contributed by atoms with Crippen molar-refractivity contribution in [3.05, 3.63) is 29.8 Å². The standard InChI is InChI=1S/C13H13NO5/c15-9-3-1-8(2-4-9)5-11(13(18)19)14-7-10(16)6-12(14)17/h1-4,11,15H,5-7H2,(H,18,19)/t11-/m0/s1. The van der Waals surface area contributed by atoms with Gasteiger partial charge in [-0.3, -0.25) is 9.59 Å². The summed E-state index contributed by atoms with van der Waals surface area (Å²) in [6, 6.07) is 5.03. The van der Waals surface area contributed by atoms with Crippen molar-refractivity contribution in [3.63, 3.8) is 0 Å². The second-order valence-corrected chi connectivity index (χ2v) is 4.46. The lowest BCUT2D eigenvalue weighted by atomic mass is 10.0. The Hall–Kier alpha value is -2.37. The van der Waals surface area contributed by atoms with Crippen LogP contribution in [-0.2, 0) is 20.8 Å². The third-order valence-corrected chi connectivity index (χ3v) is 3.04. The van der Waals surface area contributed by atoms with Crippen molar-refractivity contribution < 1.29 is 24.6 Å². The number of amides is 1. The summed E-state index contributed by atoms with van der Waals surface area (Å²) in [7, 11) is 0. The number of aliphatic carboxylic acids is 1. The first-order valence-corrected chi connectivity index (χ1v) is 5.79. The molecule has 0 radical (unpaired) electrons. The van der Waals surface area contributed by atoms with Gasteiger partial charge in [0, 0.05) is 6.42 Å². The number of phenols is 1. The number of phenolic OH excluding ortho intramolecular Hbond substituents is 1. The van der Waals surface area contributed by atoms with E-state index in [0.29, 0.717) is 5.56 Å². The molecular weight excluding hydrogens is 250 g/mol. The van der Waals surface area contributed by atoms with Gasteiger partial charge in [0.1, 0.15) is 11.8 Å². The highest BCUT2D eigenvalue weighted by Crippen LogP contribution is 2.17. The number of likely N-dealkylation sites (tertiary alicyclic amines) is 1. The molecule has 0 unspecified atom stereocenters. The second kappa shape index (κ2) is 5.09. The van der Waals surface area contributed by atoms with Crippen molar-refractivity contribution in [2.24, 2.45) is 0 Å². The van der Waals surface area contributed by atoms with Crippen LogP contribution in [0.1, 0.15) is 12.0 Å². The molecule has 2 rings (SSSR count). The number of hydrogen-bond acceptors (Lipinski definition) is 4. The SMILES string of the molecule is O=C1CC(=O)N([C@@H](Cc2ccc(O)cc2)C(=O)O)C1. The maximum absolute atomic E-state index is 11.6. The van der Waals surface area contributed by atoms with Crippen molar-refractivity contribution in [2.45, 2.75) is 18.9 Å². The molecule has 1 heterocycles. The topological polar surface area (TPSA) is 94.9 Å². The second-order valence-electron chi connectivity index (χ2n) is 4.46. The maximum Gasteiger partial charge on any atom is 0.326 e. The van der Waals surface area contributed by atoms with Crippen LogP contribution >= 0.6 is 0 Å². The van der Waals surface area contributed by atoms with E-state index in [4.69, 9.17) is 5.11 Å². The molecule has 0 aromatic heterocycles. The third kappa shape index (κ3) is 2.90. The lowest BCUT2D eigenvalue weighted by Crippen LogP contribution is -2.43. The molecular formula is C13H13NO5. The van der Waals surface area contributed by atoms with Gasteiger partial charge in [-0.25, -0.2) is 4.79 Å². The zero-order valence-corrected chi connectivity index (χ0v) is 10.1. The molecule has 1 atom stereocenters. The summed E-state index contributed by atoms with van der Waals surface area (Å²) in [6.45, 7) is -0.145. The molecule has 19 heavy (non-hydrogen) atoms. The predicted octanol–water partition coefficient (Wildman–Crippen LogP) is 0.189. The summed E-state index contributed by atoms with van der Waals surface area (Å²) in [6.07, 6.45) is -0.117. The van der Waals surface area contributed by atoms with E-state index in [2.05, 4.69) is 0 Å². The third-order valence-electron chi connectivity index (χ3n) is 3.04. The molecule has 100 valence electrons. The van der Waals surface area contributed by atoms with E-state index in [-0.39, 0.29) is 30.9 Å². The minimum Gasteiger partial charge on any atom is -0.508 e. The number of aromatic hydroxyl groups is 1. The van der Waals surface area contributed by atoms with Crippen LogP contribution in [0.4, 0.5) is 0 Å². The van der Waals surface area contributed by atoms with Crippen LogP contribution in [-0.4, -0.2) is 45.4 Å². The monoisotopic (exact) mass is 263 g/mol. The number of hydrogen-bond donors (Lipinski definition) is 2. The van der Waals surface area contributed by atoms with Gasteiger partial charge in [0.25, 0.3) is 0 Å². The Labute approximate surface area is 109 Å². The van der Waals surface area contributed by atoms with Crippen LogP contribution in [0.25, 0.3) is 0 Å². The normalized spacial score (nSPS) is 16.7. The molecule has 0 saturated carbocycles. The van der Waals surface area contributed by atoms with Crippen molar-refractivity contribution in [2.75, 3.05) is 6.54 Å². The molecule has 0 aliphatic carbocycles. The number of rotatable bonds is 4. The minimum absolute atomic E-state index is 0.0862. The van der Waals surface area contributed by atoms with E-state index in [1.807, 2.05) is 0 Å². The van der Waals surface area contributed by atoms with Gasteiger partial charge < -0.3 is 15.1 Å². The minimum atomic E-state index is -1.14. The molecule has 1 aromatic rings. The molecule has 1 aliphatic heterocycles. The molecule has 1 saturated heterocycles. The number of Topliss-reactive ketones (excluding diaryl/α,β-unsaturated/α-hetero) is 1. The van der Waals surface area contributed by atoms with Crippen molar-refractivity contribution >= 4 is 17.7 Å². The molecule has 1 aliphatic rings. The number of carboxylic acid groups (broad SMARTS) is 1. The number of carbonyl (C=O) groups is 3. The molecule has 1 amide bonds. The number of carbonyl (C=O) groups excluding carboxylic acids is 2. The van der Waals surface area contributed by atoms with E-state index in [1.165, 1.54) is 12.1 Å². The molecule has 0 bridgehead atoms. The fraction of sp³-hybridized carbons (Fsp3) is 0.308. The average Bonchev–Trinajstić information content (AvgIpc) is 2.67. The molecule has 6 nitrogen and oxygen atoms in total. The maximum atomic E-state index is 11.6. The lowest BCUT2D eigenvalue weighted by Gasteiger charge is -2.23. The summed E-state index contributed by atoms with van der Waals surface area (Å²) < 4.78 is 0. The summed E-state index contributed by atoms with van der Waals surface area (Å²) in [5.74, 6) is -1.77. The van der Waals surface area contributed by atoms with E-state index in [0.717, 1.165) is 4.90 Å². The summed E-state index contributed by atoms with van der Waals surface area (Å²) in [5, 5.41) is 18.4. The highest BCUT2D eigenvalue weighted by Gasteiger charge is 2.36. The number of benzene rings is 1. The number of carboxylic acids is 1. The Morgan fingerprint density at radius 2 is 1.89 bits per heavy atom. The van der Waals surface area contributed by atoms with Crippen LogP contribution in [0.15, 0.2) is 24.3 Å². The Morgan fingerprint density at radius 3 is 2.37 bits per heavy atom. The molecule has 1 fully saturated rings. The van der Waals surface area contributed by atoms with Crippen molar-refractivity contribution in [1.29, 1.82) is 0 Å². The average molecular weight is 263 g/mol. The van der Waals surface area contributed by atoms with Gasteiger partial charge in [0.05, 0.1) is 13.0 Å². The Balaban J connectivity index is 2.17. The summed E-state index contributed by atoms with van der Waals surface area (Å²) in [4.78, 5) is 35.1. The van der Waals surface area contributed by atoms with E-state index in [1.54, 1.807) is 12.1 Å². The Morgan fingerprint density at radius 1 is 1.26 bits per heavy atom. The number of ketones is 1. The lowest BCUT2D eigenvalue weighted by molar-refractivity contribution is -0.148. The highest BCUT2D eigenvalue weighted by atomic mass is 16.4. The van der Waals surface area contributed by atoms with Gasteiger partial charge in [-0.1, -0.05) is 12.1 Å². The van der Waals surface area contributed by atoms with Crippen LogP contribution in [0, 0.1) is 0 Å². The molecule has 6 heteroatoms. The highest BCUT2D eigenvalue weighted by molar-refractivity contribution is 6.06. The smallest absolute Gasteiger partial charge is 0.326 e. The van der Waals surface area contributed by atoms with E-state index in [9.17, 15) is 19.5 Å². The summed E-state index contributed by atoms with van der Waals surface area (Å²) >= 11 is 0. The molecule has 1 aromatic carbocycles. The molecule has 0 spiro atoms. The quantitative estimate of drug-likeness (QED) is 0.756. The first kappa shape index (κ1) is 13.1. The van der Waals surface area contributed by atoms with Crippen LogP contribution in [0.5, 0.6) is 5.75 Å². The van der Waals surface area contributed by atoms with Gasteiger partial charge in [-0.2, -0.15) is 0 Å². The molecule has 2 N–H and O–H groups in total. The van der Waals surface area contributed by atoms with Gasteiger partial charge in [-0.15, -0.1) is 0 Å². The van der Waals surface area contributed by atoms with Crippen molar-refractivity contribution in [1.82, 2.24) is 4.90 Å². The van der Waals surface area contributed by atoms with Gasteiger partial charge in [-0.05, 0) is 17.7 Å². The number of nitrogens with zero attached hydrogens (tertiary/aromatic N) is 1. The van der Waals surface area contributed by atoms with Crippen LogP contribution in [0.3, 0.4) is 0 Å².